The van der Waals surface area contributed by atoms with E-state index in [-0.39, 0.29) is 35.7 Å². The molecular weight excluding hydrogens is 491 g/mol. The minimum absolute atomic E-state index is 0.0305. The first-order valence-corrected chi connectivity index (χ1v) is 15.5. The fourth-order valence-corrected chi connectivity index (χ4v) is 5.96. The Balaban J connectivity index is 1.53. The van der Waals surface area contributed by atoms with Crippen LogP contribution < -0.4 is 0 Å². The zero-order chi connectivity index (χ0) is 27.0. The van der Waals surface area contributed by atoms with E-state index >= 15 is 0 Å². The summed E-state index contributed by atoms with van der Waals surface area (Å²) in [5.74, 6) is -0.478. The average Bonchev–Trinajstić information content (AvgIpc) is 3.21. The topological polar surface area (TPSA) is 97.6 Å². The van der Waals surface area contributed by atoms with Gasteiger partial charge in [-0.2, -0.15) is 0 Å². The van der Waals surface area contributed by atoms with Crippen molar-refractivity contribution in [2.75, 3.05) is 6.54 Å². The zero-order valence-corrected chi connectivity index (χ0v) is 23.1. The van der Waals surface area contributed by atoms with Gasteiger partial charge in [-0.05, 0) is 55.2 Å². The molecule has 1 amide bonds. The fraction of sp³-hybridized carbons (Fsp3) is 0.481. The highest BCUT2D eigenvalue weighted by Gasteiger charge is 2.44. The summed E-state index contributed by atoms with van der Waals surface area (Å²) in [5, 5.41) is 9.82. The second-order valence-corrected chi connectivity index (χ2v) is 16.0. The Hall–Kier alpha value is -3.11. The van der Waals surface area contributed by atoms with Gasteiger partial charge in [-0.1, -0.05) is 32.9 Å². The second-order valence-electron chi connectivity index (χ2n) is 11.2. The molecule has 2 aromatic heterocycles. The van der Waals surface area contributed by atoms with Gasteiger partial charge in [0.15, 0.2) is 19.7 Å². The van der Waals surface area contributed by atoms with Crippen LogP contribution in [0.25, 0.3) is 22.4 Å². The predicted octanol–water partition coefficient (Wildman–Crippen LogP) is 5.73. The summed E-state index contributed by atoms with van der Waals surface area (Å²) in [6.45, 7) is 11.2. The number of nitrogens with zero attached hydrogens (tertiary/aromatic N) is 4. The van der Waals surface area contributed by atoms with E-state index in [0.29, 0.717) is 35.4 Å². The van der Waals surface area contributed by atoms with Crippen LogP contribution in [0, 0.1) is 5.82 Å². The Morgan fingerprint density at radius 1 is 1.19 bits per heavy atom. The number of carbonyl (C=O) groups is 2. The number of halogens is 1. The molecule has 0 aliphatic carbocycles. The molecule has 3 heterocycles. The first-order valence-electron chi connectivity index (χ1n) is 12.6. The number of rotatable bonds is 7. The van der Waals surface area contributed by atoms with E-state index in [1.165, 1.54) is 11.0 Å². The first-order chi connectivity index (χ1) is 17.4. The molecule has 198 valence electrons. The zero-order valence-electron chi connectivity index (χ0n) is 22.1. The number of Topliss-reactive ketones (excluding diaryl/α,β-unsaturated/α-hetero) is 1. The summed E-state index contributed by atoms with van der Waals surface area (Å²) in [6.07, 6.45) is 1.69. The van der Waals surface area contributed by atoms with Crippen LogP contribution in [0.15, 0.2) is 42.7 Å². The largest absolute Gasteiger partial charge is 0.465 e. The number of aromatic nitrogens is 3. The van der Waals surface area contributed by atoms with E-state index < -0.39 is 20.5 Å². The maximum Gasteiger partial charge on any atom is 0.407 e. The van der Waals surface area contributed by atoms with E-state index in [2.05, 4.69) is 43.8 Å². The number of likely N-dealkylation sites (tertiary alicyclic amines) is 1. The van der Waals surface area contributed by atoms with Gasteiger partial charge in [0.05, 0.1) is 36.2 Å². The summed E-state index contributed by atoms with van der Waals surface area (Å²) in [5.41, 5.74) is 1.92. The molecule has 0 spiro atoms. The standard InChI is InChI=1S/C27H35FN4O4Si/c1-27(2,3)37(4,5)36-24-11-8-14-32(26(34)35)23(24)15-18(33)16-31-17-29-25-22(31)13-12-21(30-25)19-9-6-7-10-20(19)28/h6-7,9-10,12-13,17,23-24H,8,11,14-16H2,1-5H3,(H,34,35)/t23-,24+/m1/s1. The van der Waals surface area contributed by atoms with Crippen molar-refractivity contribution in [2.24, 2.45) is 0 Å². The number of hydrogen-bond donors (Lipinski definition) is 1. The number of fused-ring (bicyclic) bond motifs is 1. The SMILES string of the molecule is CC(C)(C)[Si](C)(C)O[C@H]1CCCN(C(=O)O)[C@@H]1CC(=O)Cn1cnc2nc(-c3ccccc3F)ccc21. The van der Waals surface area contributed by atoms with Gasteiger partial charge < -0.3 is 19.0 Å². The van der Waals surface area contributed by atoms with E-state index in [0.717, 1.165) is 6.42 Å². The maximum atomic E-state index is 14.2. The summed E-state index contributed by atoms with van der Waals surface area (Å²) in [6, 6.07) is 9.36. The minimum atomic E-state index is -2.17. The Labute approximate surface area is 217 Å². The molecule has 2 atom stereocenters. The number of hydrogen-bond acceptors (Lipinski definition) is 5. The highest BCUT2D eigenvalue weighted by Crippen LogP contribution is 2.39. The van der Waals surface area contributed by atoms with Gasteiger partial charge in [-0.3, -0.25) is 4.79 Å². The number of pyridine rings is 1. The quantitative estimate of drug-likeness (QED) is 0.395. The van der Waals surface area contributed by atoms with E-state index in [1.807, 2.05) is 0 Å². The van der Waals surface area contributed by atoms with E-state index in [4.69, 9.17) is 4.43 Å². The Morgan fingerprint density at radius 2 is 1.92 bits per heavy atom. The fourth-order valence-electron chi connectivity index (χ4n) is 4.57. The van der Waals surface area contributed by atoms with Gasteiger partial charge in [0.2, 0.25) is 0 Å². The molecule has 1 fully saturated rings. The first kappa shape index (κ1) is 26.9. The molecule has 1 aliphatic heterocycles. The Kier molecular flexibility index (Phi) is 7.52. The summed E-state index contributed by atoms with van der Waals surface area (Å²) >= 11 is 0. The van der Waals surface area contributed by atoms with Gasteiger partial charge in [0, 0.05) is 18.5 Å². The monoisotopic (exact) mass is 526 g/mol. The smallest absolute Gasteiger partial charge is 0.407 e. The summed E-state index contributed by atoms with van der Waals surface area (Å²) < 4.78 is 22.5. The van der Waals surface area contributed by atoms with Crippen molar-refractivity contribution in [3.8, 4) is 11.3 Å². The highest BCUT2D eigenvalue weighted by molar-refractivity contribution is 6.74. The number of carbonyl (C=O) groups excluding carboxylic acids is 1. The van der Waals surface area contributed by atoms with Gasteiger partial charge >= 0.3 is 6.09 Å². The van der Waals surface area contributed by atoms with Gasteiger partial charge in [-0.25, -0.2) is 19.2 Å². The third-order valence-corrected chi connectivity index (χ3v) is 12.1. The molecule has 0 radical (unpaired) electrons. The van der Waals surface area contributed by atoms with Crippen LogP contribution in [0.2, 0.25) is 18.1 Å². The minimum Gasteiger partial charge on any atom is -0.465 e. The molecular formula is C27H35FN4O4Si. The van der Waals surface area contributed by atoms with Crippen molar-refractivity contribution in [2.45, 2.75) is 76.9 Å². The molecule has 8 nitrogen and oxygen atoms in total. The molecule has 0 saturated carbocycles. The number of ketones is 1. The summed E-state index contributed by atoms with van der Waals surface area (Å²) in [7, 11) is -2.17. The van der Waals surface area contributed by atoms with Crippen LogP contribution in [0.5, 0.6) is 0 Å². The third kappa shape index (κ3) is 5.75. The van der Waals surface area contributed by atoms with Crippen molar-refractivity contribution in [3.63, 3.8) is 0 Å². The summed E-state index contributed by atoms with van der Waals surface area (Å²) in [4.78, 5) is 35.5. The van der Waals surface area contributed by atoms with Crippen molar-refractivity contribution in [3.05, 3.63) is 48.5 Å². The molecule has 37 heavy (non-hydrogen) atoms. The van der Waals surface area contributed by atoms with Crippen molar-refractivity contribution in [1.82, 2.24) is 19.4 Å². The maximum absolute atomic E-state index is 14.2. The average molecular weight is 527 g/mol. The van der Waals surface area contributed by atoms with Gasteiger partial charge in [0.25, 0.3) is 0 Å². The number of carboxylic acid groups (broad SMARTS) is 1. The normalized spacial score (nSPS) is 18.8. The lowest BCUT2D eigenvalue weighted by Gasteiger charge is -2.45. The number of amides is 1. The number of imidazole rings is 1. The Bertz CT molecular complexity index is 1300. The number of piperidine rings is 1. The number of benzene rings is 1. The van der Waals surface area contributed by atoms with Gasteiger partial charge in [-0.15, -0.1) is 0 Å². The van der Waals surface area contributed by atoms with Crippen LogP contribution in [-0.2, 0) is 15.8 Å². The van der Waals surface area contributed by atoms with Crippen LogP contribution in [0.3, 0.4) is 0 Å². The predicted molar refractivity (Wildman–Crippen MR) is 142 cm³/mol. The molecule has 0 unspecified atom stereocenters. The van der Waals surface area contributed by atoms with Crippen LogP contribution in [-0.4, -0.2) is 63.4 Å². The molecule has 1 aliphatic rings. The van der Waals surface area contributed by atoms with E-state index in [1.54, 1.807) is 41.2 Å². The van der Waals surface area contributed by atoms with Crippen molar-refractivity contribution < 1.29 is 23.5 Å². The molecule has 3 aromatic rings. The van der Waals surface area contributed by atoms with Crippen LogP contribution in [0.1, 0.15) is 40.0 Å². The van der Waals surface area contributed by atoms with Crippen LogP contribution in [0.4, 0.5) is 9.18 Å². The molecule has 0 bridgehead atoms. The van der Waals surface area contributed by atoms with Crippen molar-refractivity contribution >= 4 is 31.4 Å². The molecule has 4 rings (SSSR count). The second kappa shape index (κ2) is 10.3. The molecule has 1 N–H and O–H groups in total. The van der Waals surface area contributed by atoms with Crippen molar-refractivity contribution in [1.29, 1.82) is 0 Å². The molecule has 10 heteroatoms. The highest BCUT2D eigenvalue weighted by atomic mass is 28.4. The third-order valence-electron chi connectivity index (χ3n) is 7.63. The molecule has 1 saturated heterocycles. The lowest BCUT2D eigenvalue weighted by molar-refractivity contribution is -0.122. The lowest BCUT2D eigenvalue weighted by atomic mass is 9.95. The van der Waals surface area contributed by atoms with Gasteiger partial charge in [0.1, 0.15) is 5.82 Å². The lowest BCUT2D eigenvalue weighted by Crippen LogP contribution is -2.56. The molecule has 1 aromatic carbocycles. The van der Waals surface area contributed by atoms with E-state index in [9.17, 15) is 19.1 Å². The van der Waals surface area contributed by atoms with Crippen LogP contribution >= 0.6 is 0 Å². The Morgan fingerprint density at radius 3 is 2.59 bits per heavy atom.